The second-order valence-electron chi connectivity index (χ2n) is 1.82. The zero-order chi connectivity index (χ0) is 10.3. The molecular formula is C8H13N3OS. The number of aromatic nitrogens is 2. The van der Waals surface area contributed by atoms with Gasteiger partial charge in [-0.3, -0.25) is 4.79 Å². The molecule has 0 spiro atoms. The van der Waals surface area contributed by atoms with Gasteiger partial charge in [-0.1, -0.05) is 25.6 Å². The summed E-state index contributed by atoms with van der Waals surface area (Å²) in [5.41, 5.74) is 5.75. The molecule has 0 aromatic carbocycles. The van der Waals surface area contributed by atoms with Gasteiger partial charge >= 0.3 is 0 Å². The topological polar surface area (TPSA) is 68.9 Å². The van der Waals surface area contributed by atoms with Gasteiger partial charge in [0.05, 0.1) is 5.56 Å². The van der Waals surface area contributed by atoms with Crippen LogP contribution in [0.2, 0.25) is 0 Å². The molecule has 0 atom stereocenters. The van der Waals surface area contributed by atoms with Crippen molar-refractivity contribution in [2.45, 2.75) is 19.0 Å². The van der Waals surface area contributed by atoms with Gasteiger partial charge in [0, 0.05) is 6.20 Å². The van der Waals surface area contributed by atoms with Crippen LogP contribution in [0.1, 0.15) is 24.2 Å². The minimum absolute atomic E-state index is 0.236. The molecule has 13 heavy (non-hydrogen) atoms. The molecule has 0 radical (unpaired) electrons. The lowest BCUT2D eigenvalue weighted by molar-refractivity contribution is 0.112. The number of hydrogen-bond acceptors (Lipinski definition) is 5. The molecule has 0 fully saturated rings. The molecule has 1 heterocycles. The van der Waals surface area contributed by atoms with E-state index < -0.39 is 0 Å². The second-order valence-corrected chi connectivity index (χ2v) is 2.59. The number of nitrogens with two attached hydrogens (primary N) is 1. The molecule has 0 saturated heterocycles. The molecular weight excluding hydrogens is 186 g/mol. The van der Waals surface area contributed by atoms with E-state index in [-0.39, 0.29) is 5.82 Å². The number of anilines is 1. The monoisotopic (exact) mass is 199 g/mol. The Hall–Kier alpha value is -1.10. The van der Waals surface area contributed by atoms with Crippen molar-refractivity contribution in [3.63, 3.8) is 0 Å². The van der Waals surface area contributed by atoms with E-state index in [1.807, 2.05) is 20.1 Å². The average Bonchev–Trinajstić information content (AvgIpc) is 2.20. The number of rotatable bonds is 2. The van der Waals surface area contributed by atoms with Crippen LogP contribution in [0.5, 0.6) is 0 Å². The third-order valence-electron chi connectivity index (χ3n) is 1.14. The number of carbonyl (C=O) groups is 1. The fourth-order valence-corrected chi connectivity index (χ4v) is 0.924. The summed E-state index contributed by atoms with van der Waals surface area (Å²) < 4.78 is 0. The maximum Gasteiger partial charge on any atom is 0.189 e. The lowest BCUT2D eigenvalue weighted by atomic mass is 10.3. The Bertz CT molecular complexity index is 278. The zero-order valence-corrected chi connectivity index (χ0v) is 8.76. The first-order valence-electron chi connectivity index (χ1n) is 3.89. The maximum atomic E-state index is 10.3. The first-order valence-corrected chi connectivity index (χ1v) is 5.12. The fourth-order valence-electron chi connectivity index (χ4n) is 0.577. The number of thioether (sulfide) groups is 1. The second kappa shape index (κ2) is 6.42. The molecule has 1 rings (SSSR count). The number of aldehydes is 1. The Balaban J connectivity index is 0.000000671. The van der Waals surface area contributed by atoms with E-state index in [0.29, 0.717) is 17.0 Å². The molecule has 72 valence electrons. The van der Waals surface area contributed by atoms with Crippen LogP contribution in [-0.2, 0) is 0 Å². The Kier molecular flexibility index (Phi) is 5.88. The van der Waals surface area contributed by atoms with Gasteiger partial charge in [-0.2, -0.15) is 0 Å². The van der Waals surface area contributed by atoms with Gasteiger partial charge in [0.15, 0.2) is 11.4 Å². The smallest absolute Gasteiger partial charge is 0.189 e. The largest absolute Gasteiger partial charge is 0.383 e. The summed E-state index contributed by atoms with van der Waals surface area (Å²) in [6.07, 6.45) is 3.90. The standard InChI is InChI=1S/C6H7N3OS.C2H6/c1-11-6-8-2-4(3-10)5(7)9-6;1-2/h2-3H,1H3,(H2,7,8,9);1-2H3. The quantitative estimate of drug-likeness (QED) is 0.445. The molecule has 0 unspecified atom stereocenters. The van der Waals surface area contributed by atoms with Crippen molar-refractivity contribution in [1.29, 1.82) is 0 Å². The van der Waals surface area contributed by atoms with E-state index >= 15 is 0 Å². The summed E-state index contributed by atoms with van der Waals surface area (Å²) in [5, 5.41) is 0.577. The first kappa shape index (κ1) is 11.9. The van der Waals surface area contributed by atoms with Gasteiger partial charge in [-0.05, 0) is 6.26 Å². The molecule has 0 aliphatic heterocycles. The van der Waals surface area contributed by atoms with Gasteiger partial charge in [-0.25, -0.2) is 9.97 Å². The van der Waals surface area contributed by atoms with Crippen molar-refractivity contribution in [3.05, 3.63) is 11.8 Å². The highest BCUT2D eigenvalue weighted by molar-refractivity contribution is 7.98. The predicted octanol–water partition coefficient (Wildman–Crippen LogP) is 1.62. The first-order chi connectivity index (χ1) is 6.27. The lowest BCUT2D eigenvalue weighted by Gasteiger charge is -1.97. The van der Waals surface area contributed by atoms with Crippen LogP contribution in [0.3, 0.4) is 0 Å². The Morgan fingerprint density at radius 2 is 2.15 bits per heavy atom. The van der Waals surface area contributed by atoms with Crippen molar-refractivity contribution < 1.29 is 4.79 Å². The van der Waals surface area contributed by atoms with Crippen LogP contribution in [0.4, 0.5) is 5.82 Å². The van der Waals surface area contributed by atoms with E-state index in [0.717, 1.165) is 0 Å². The van der Waals surface area contributed by atoms with Crippen LogP contribution in [0.15, 0.2) is 11.4 Å². The Morgan fingerprint density at radius 3 is 2.54 bits per heavy atom. The molecule has 0 amide bonds. The van der Waals surface area contributed by atoms with Gasteiger partial charge in [0.25, 0.3) is 0 Å². The average molecular weight is 199 g/mol. The van der Waals surface area contributed by atoms with Crippen LogP contribution < -0.4 is 5.73 Å². The molecule has 0 saturated carbocycles. The van der Waals surface area contributed by atoms with Gasteiger partial charge in [-0.15, -0.1) is 0 Å². The summed E-state index contributed by atoms with van der Waals surface area (Å²) in [7, 11) is 0. The van der Waals surface area contributed by atoms with E-state index in [1.165, 1.54) is 18.0 Å². The molecule has 2 N–H and O–H groups in total. The zero-order valence-electron chi connectivity index (χ0n) is 7.94. The number of hydrogen-bond donors (Lipinski definition) is 1. The summed E-state index contributed by atoms with van der Waals surface area (Å²) in [6.45, 7) is 4.00. The highest BCUT2D eigenvalue weighted by Crippen LogP contribution is 2.11. The predicted molar refractivity (Wildman–Crippen MR) is 55.0 cm³/mol. The van der Waals surface area contributed by atoms with Crippen molar-refractivity contribution in [2.75, 3.05) is 12.0 Å². The van der Waals surface area contributed by atoms with Crippen molar-refractivity contribution >= 4 is 23.9 Å². The van der Waals surface area contributed by atoms with Crippen LogP contribution in [0.25, 0.3) is 0 Å². The minimum Gasteiger partial charge on any atom is -0.383 e. The van der Waals surface area contributed by atoms with Crippen LogP contribution >= 0.6 is 11.8 Å². The van der Waals surface area contributed by atoms with Crippen LogP contribution in [0, 0.1) is 0 Å². The van der Waals surface area contributed by atoms with E-state index in [4.69, 9.17) is 5.73 Å². The fraction of sp³-hybridized carbons (Fsp3) is 0.375. The van der Waals surface area contributed by atoms with Crippen LogP contribution in [-0.4, -0.2) is 22.5 Å². The van der Waals surface area contributed by atoms with E-state index in [2.05, 4.69) is 9.97 Å². The van der Waals surface area contributed by atoms with Crippen molar-refractivity contribution in [2.24, 2.45) is 0 Å². The van der Waals surface area contributed by atoms with Gasteiger partial charge in [0.1, 0.15) is 5.82 Å². The van der Waals surface area contributed by atoms with E-state index in [1.54, 1.807) is 0 Å². The molecule has 0 aliphatic carbocycles. The minimum atomic E-state index is 0.236. The molecule has 1 aromatic heterocycles. The third-order valence-corrected chi connectivity index (χ3v) is 1.70. The molecule has 0 bridgehead atoms. The van der Waals surface area contributed by atoms with Gasteiger partial charge < -0.3 is 5.73 Å². The van der Waals surface area contributed by atoms with Gasteiger partial charge in [0.2, 0.25) is 0 Å². The number of nitrogen functional groups attached to an aromatic ring is 1. The third kappa shape index (κ3) is 3.42. The summed E-state index contributed by atoms with van der Waals surface area (Å²) in [6, 6.07) is 0. The summed E-state index contributed by atoms with van der Waals surface area (Å²) in [4.78, 5) is 18.0. The molecule has 1 aromatic rings. The maximum absolute atomic E-state index is 10.3. The molecule has 4 nitrogen and oxygen atoms in total. The Labute approximate surface area is 82.0 Å². The number of carbonyl (C=O) groups excluding carboxylic acids is 1. The lowest BCUT2D eigenvalue weighted by Crippen LogP contribution is -1.99. The summed E-state index contributed by atoms with van der Waals surface area (Å²) in [5.74, 6) is 0.236. The SMILES string of the molecule is CC.CSc1ncc(C=O)c(N)n1. The highest BCUT2D eigenvalue weighted by Gasteiger charge is 2.00. The van der Waals surface area contributed by atoms with E-state index in [9.17, 15) is 4.79 Å². The Morgan fingerprint density at radius 1 is 1.54 bits per heavy atom. The van der Waals surface area contributed by atoms with Crippen molar-refractivity contribution in [1.82, 2.24) is 9.97 Å². The molecule has 5 heteroatoms. The summed E-state index contributed by atoms with van der Waals surface area (Å²) >= 11 is 1.38. The highest BCUT2D eigenvalue weighted by atomic mass is 32.2. The normalized spacial score (nSPS) is 8.54. The van der Waals surface area contributed by atoms with Crippen molar-refractivity contribution in [3.8, 4) is 0 Å². The number of nitrogens with zero attached hydrogens (tertiary/aromatic N) is 2. The molecule has 0 aliphatic rings.